The highest BCUT2D eigenvalue weighted by molar-refractivity contribution is 7.91. The molecular weight excluding hydrogens is 400 g/mol. The van der Waals surface area contributed by atoms with Crippen LogP contribution in [0.4, 0.5) is 0 Å². The second-order valence-corrected chi connectivity index (χ2v) is 10.5. The van der Waals surface area contributed by atoms with Gasteiger partial charge >= 0.3 is 0 Å². The number of hydrogen-bond acceptors (Lipinski definition) is 6. The number of ether oxygens (including phenoxy) is 1. The fourth-order valence-corrected chi connectivity index (χ4v) is 4.97. The van der Waals surface area contributed by atoms with Gasteiger partial charge in [0.05, 0.1) is 10.6 Å². The molecule has 26 heavy (non-hydrogen) atoms. The number of halogens is 1. The van der Waals surface area contributed by atoms with E-state index < -0.39 is 19.9 Å². The molecule has 1 aromatic rings. The van der Waals surface area contributed by atoms with Crippen molar-refractivity contribution in [1.29, 1.82) is 0 Å². The first-order chi connectivity index (χ1) is 11.7. The maximum Gasteiger partial charge on any atom is 0.243 e. The first-order valence-corrected chi connectivity index (χ1v) is 11.6. The minimum atomic E-state index is -3.57. The summed E-state index contributed by atoms with van der Waals surface area (Å²) in [6, 6.07) is 6.07. The molecule has 0 spiro atoms. The van der Waals surface area contributed by atoms with Gasteiger partial charge in [0.15, 0.2) is 9.84 Å². The number of hydrogen-bond donors (Lipinski definition) is 1. The van der Waals surface area contributed by atoms with Crippen molar-refractivity contribution in [3.8, 4) is 5.75 Å². The standard InChI is InChI=1S/C16H26N2O5S2.ClH/c1-4-24(19,20)12-11-23-15-5-7-16(8-6-15)25(21,22)18-10-9-17-13(2)14(18)3;/h5-8,13-14,17H,4,9-12H2,1-3H3;1H. The molecule has 0 aromatic heterocycles. The summed E-state index contributed by atoms with van der Waals surface area (Å²) in [7, 11) is -6.65. The lowest BCUT2D eigenvalue weighted by Crippen LogP contribution is -2.57. The number of benzene rings is 1. The predicted molar refractivity (Wildman–Crippen MR) is 104 cm³/mol. The molecule has 1 N–H and O–H groups in total. The Kier molecular flexibility index (Phi) is 8.34. The summed E-state index contributed by atoms with van der Waals surface area (Å²) in [5.74, 6) is 0.473. The lowest BCUT2D eigenvalue weighted by atomic mass is 10.1. The molecule has 1 heterocycles. The van der Waals surface area contributed by atoms with Crippen molar-refractivity contribution in [2.45, 2.75) is 37.8 Å². The van der Waals surface area contributed by atoms with Crippen molar-refractivity contribution >= 4 is 32.3 Å². The highest BCUT2D eigenvalue weighted by Gasteiger charge is 2.34. The number of nitrogens with one attached hydrogen (secondary N) is 1. The van der Waals surface area contributed by atoms with Crippen LogP contribution in [0, 0.1) is 0 Å². The zero-order valence-corrected chi connectivity index (χ0v) is 17.7. The summed E-state index contributed by atoms with van der Waals surface area (Å²) in [5.41, 5.74) is 0. The fourth-order valence-electron chi connectivity index (χ4n) is 2.64. The van der Waals surface area contributed by atoms with Gasteiger partial charge in [-0.05, 0) is 38.1 Å². The van der Waals surface area contributed by atoms with Crippen molar-refractivity contribution < 1.29 is 21.6 Å². The molecule has 150 valence electrons. The fraction of sp³-hybridized carbons (Fsp3) is 0.625. The van der Waals surface area contributed by atoms with E-state index >= 15 is 0 Å². The molecule has 1 fully saturated rings. The molecule has 2 unspecified atom stereocenters. The monoisotopic (exact) mass is 426 g/mol. The Morgan fingerprint density at radius 1 is 1.15 bits per heavy atom. The molecule has 7 nitrogen and oxygen atoms in total. The van der Waals surface area contributed by atoms with E-state index in [9.17, 15) is 16.8 Å². The van der Waals surface area contributed by atoms with Crippen LogP contribution in [0.5, 0.6) is 5.75 Å². The molecule has 0 aliphatic carbocycles. The van der Waals surface area contributed by atoms with Crippen molar-refractivity contribution in [1.82, 2.24) is 9.62 Å². The van der Waals surface area contributed by atoms with Crippen LogP contribution in [-0.4, -0.2) is 64.4 Å². The Labute approximate surface area is 162 Å². The molecule has 1 aliphatic rings. The second-order valence-electron chi connectivity index (χ2n) is 6.16. The molecule has 0 bridgehead atoms. The van der Waals surface area contributed by atoms with E-state index in [4.69, 9.17) is 4.74 Å². The summed E-state index contributed by atoms with van der Waals surface area (Å²) in [6.07, 6.45) is 0. The van der Waals surface area contributed by atoms with Crippen LogP contribution in [0.25, 0.3) is 0 Å². The number of nitrogens with zero attached hydrogens (tertiary/aromatic N) is 1. The van der Waals surface area contributed by atoms with Gasteiger partial charge in [-0.1, -0.05) is 6.92 Å². The summed E-state index contributed by atoms with van der Waals surface area (Å²) in [6.45, 7) is 6.55. The molecule has 0 saturated carbocycles. The zero-order valence-electron chi connectivity index (χ0n) is 15.2. The first-order valence-electron chi connectivity index (χ1n) is 8.36. The van der Waals surface area contributed by atoms with Gasteiger partial charge in [0, 0.05) is 30.9 Å². The van der Waals surface area contributed by atoms with Crippen molar-refractivity contribution in [2.75, 3.05) is 31.2 Å². The molecule has 1 aliphatic heterocycles. The Morgan fingerprint density at radius 3 is 2.35 bits per heavy atom. The average molecular weight is 427 g/mol. The molecule has 0 radical (unpaired) electrons. The van der Waals surface area contributed by atoms with Crippen LogP contribution in [0.15, 0.2) is 29.2 Å². The summed E-state index contributed by atoms with van der Waals surface area (Å²) in [5, 5.41) is 3.26. The van der Waals surface area contributed by atoms with Gasteiger partial charge in [0.25, 0.3) is 0 Å². The van der Waals surface area contributed by atoms with E-state index in [1.807, 2.05) is 13.8 Å². The van der Waals surface area contributed by atoms with E-state index in [0.717, 1.165) is 0 Å². The lowest BCUT2D eigenvalue weighted by molar-refractivity contribution is 0.233. The van der Waals surface area contributed by atoms with Crippen molar-refractivity contribution in [3.63, 3.8) is 0 Å². The average Bonchev–Trinajstić information content (AvgIpc) is 2.57. The smallest absolute Gasteiger partial charge is 0.243 e. The van der Waals surface area contributed by atoms with E-state index in [0.29, 0.717) is 18.8 Å². The van der Waals surface area contributed by atoms with Crippen LogP contribution >= 0.6 is 12.4 Å². The molecule has 1 saturated heterocycles. The van der Waals surface area contributed by atoms with Gasteiger partial charge in [0.2, 0.25) is 10.0 Å². The minimum absolute atomic E-state index is 0. The van der Waals surface area contributed by atoms with Crippen LogP contribution in [-0.2, 0) is 19.9 Å². The number of rotatable bonds is 7. The Bertz CT molecular complexity index is 781. The van der Waals surface area contributed by atoms with Crippen LogP contribution in [0.3, 0.4) is 0 Å². The number of sulfone groups is 1. The molecule has 2 rings (SSSR count). The van der Waals surface area contributed by atoms with Gasteiger partial charge < -0.3 is 10.1 Å². The first kappa shape index (κ1) is 23.2. The minimum Gasteiger partial charge on any atom is -0.493 e. The van der Waals surface area contributed by atoms with Gasteiger partial charge in [-0.15, -0.1) is 12.4 Å². The number of sulfonamides is 1. The molecule has 2 atom stereocenters. The SMILES string of the molecule is CCS(=O)(=O)CCOc1ccc(S(=O)(=O)N2CCNC(C)C2C)cc1.Cl. The zero-order chi connectivity index (χ0) is 18.7. The van der Waals surface area contributed by atoms with Crippen molar-refractivity contribution in [3.05, 3.63) is 24.3 Å². The largest absolute Gasteiger partial charge is 0.493 e. The van der Waals surface area contributed by atoms with Crippen LogP contribution in [0.2, 0.25) is 0 Å². The topological polar surface area (TPSA) is 92.8 Å². The Balaban J connectivity index is 0.00000338. The second kappa shape index (κ2) is 9.36. The highest BCUT2D eigenvalue weighted by atomic mass is 35.5. The highest BCUT2D eigenvalue weighted by Crippen LogP contribution is 2.23. The quantitative estimate of drug-likeness (QED) is 0.706. The summed E-state index contributed by atoms with van der Waals surface area (Å²) >= 11 is 0. The summed E-state index contributed by atoms with van der Waals surface area (Å²) in [4.78, 5) is 0.210. The predicted octanol–water partition coefficient (Wildman–Crippen LogP) is 1.29. The van der Waals surface area contributed by atoms with E-state index in [2.05, 4.69) is 5.32 Å². The normalized spacial score (nSPS) is 21.8. The molecule has 0 amide bonds. The Morgan fingerprint density at radius 2 is 1.77 bits per heavy atom. The van der Waals surface area contributed by atoms with Gasteiger partial charge in [0.1, 0.15) is 12.4 Å². The maximum absolute atomic E-state index is 12.8. The maximum atomic E-state index is 12.8. The van der Waals surface area contributed by atoms with Gasteiger partial charge in [-0.3, -0.25) is 0 Å². The van der Waals surface area contributed by atoms with Gasteiger partial charge in [-0.2, -0.15) is 4.31 Å². The van der Waals surface area contributed by atoms with E-state index in [1.165, 1.54) is 16.4 Å². The van der Waals surface area contributed by atoms with E-state index in [-0.39, 0.29) is 47.5 Å². The molecule has 1 aromatic carbocycles. The third-order valence-electron chi connectivity index (χ3n) is 4.51. The van der Waals surface area contributed by atoms with Crippen LogP contribution in [0.1, 0.15) is 20.8 Å². The number of piperazine rings is 1. The van der Waals surface area contributed by atoms with Gasteiger partial charge in [-0.25, -0.2) is 16.8 Å². The van der Waals surface area contributed by atoms with E-state index in [1.54, 1.807) is 19.1 Å². The third-order valence-corrected chi connectivity index (χ3v) is 8.18. The molecule has 10 heteroatoms. The van der Waals surface area contributed by atoms with Crippen LogP contribution < -0.4 is 10.1 Å². The third kappa shape index (κ3) is 5.56. The molecular formula is C16H27ClN2O5S2. The summed E-state index contributed by atoms with van der Waals surface area (Å²) < 4.78 is 55.4. The Hall–Kier alpha value is -0.870. The van der Waals surface area contributed by atoms with Crippen molar-refractivity contribution in [2.24, 2.45) is 0 Å². The lowest BCUT2D eigenvalue weighted by Gasteiger charge is -2.37.